The maximum atomic E-state index is 5.90. The highest BCUT2D eigenvalue weighted by molar-refractivity contribution is 6.32. The van der Waals surface area contributed by atoms with Gasteiger partial charge in [0.05, 0.1) is 0 Å². The van der Waals surface area contributed by atoms with Crippen molar-refractivity contribution in [3.63, 3.8) is 0 Å². The van der Waals surface area contributed by atoms with Gasteiger partial charge in [0.25, 0.3) is 0 Å². The van der Waals surface area contributed by atoms with Gasteiger partial charge < -0.3 is 0 Å². The number of allylic oxidation sites excluding steroid dienone is 1. The molecule has 1 aromatic carbocycles. The highest BCUT2D eigenvalue weighted by atomic mass is 35.5. The Labute approximate surface area is 77.9 Å². The maximum Gasteiger partial charge on any atom is 0.0478 e. The van der Waals surface area contributed by atoms with Crippen LogP contribution in [0.25, 0.3) is 6.08 Å². The first-order valence-electron chi connectivity index (χ1n) is 3.68. The molecule has 0 heterocycles. The molecule has 0 unspecified atom stereocenters. The van der Waals surface area contributed by atoms with Gasteiger partial charge in [0.1, 0.15) is 0 Å². The Balaban J connectivity index is 2.87. The van der Waals surface area contributed by atoms with Gasteiger partial charge in [0.15, 0.2) is 0 Å². The predicted octanol–water partition coefficient (Wildman–Crippen LogP) is 3.38. The summed E-state index contributed by atoms with van der Waals surface area (Å²) in [4.78, 5) is 0. The third kappa shape index (κ3) is 2.45. The molecule has 60 valence electrons. The van der Waals surface area contributed by atoms with E-state index < -0.39 is 0 Å². The molecule has 0 bridgehead atoms. The van der Waals surface area contributed by atoms with E-state index >= 15 is 0 Å². The van der Waals surface area contributed by atoms with E-state index in [4.69, 9.17) is 11.6 Å². The van der Waals surface area contributed by atoms with Gasteiger partial charge >= 0.3 is 0 Å². The molecule has 0 atom stereocenters. The fourth-order valence-corrected chi connectivity index (χ4v) is 1.02. The molecule has 0 saturated heterocycles. The molecule has 0 saturated carbocycles. The Kier molecular flexibility index (Phi) is 3.44. The summed E-state index contributed by atoms with van der Waals surface area (Å²) in [6.45, 7) is 1.80. The van der Waals surface area contributed by atoms with Crippen molar-refractivity contribution < 1.29 is 0 Å². The lowest BCUT2D eigenvalue weighted by atomic mass is 10.2. The summed E-state index contributed by atoms with van der Waals surface area (Å²) in [5, 5.41) is 0.756. The average Bonchev–Trinajstić information content (AvgIpc) is 2.09. The van der Waals surface area contributed by atoms with Crippen LogP contribution in [0.2, 0.25) is 5.02 Å². The van der Waals surface area contributed by atoms with Crippen LogP contribution in [0, 0.1) is 11.8 Å². The quantitative estimate of drug-likeness (QED) is 0.576. The van der Waals surface area contributed by atoms with Crippen LogP contribution >= 0.6 is 11.6 Å². The van der Waals surface area contributed by atoms with Crippen molar-refractivity contribution in [3.8, 4) is 11.8 Å². The second kappa shape index (κ2) is 4.64. The molecule has 1 aromatic rings. The number of rotatable bonds is 1. The molecule has 0 nitrogen and oxygen atoms in total. The van der Waals surface area contributed by atoms with Gasteiger partial charge in [-0.25, -0.2) is 0 Å². The van der Waals surface area contributed by atoms with E-state index in [-0.39, 0.29) is 0 Å². The molecular formula is C11H9Cl. The first kappa shape index (κ1) is 8.90. The van der Waals surface area contributed by atoms with E-state index in [9.17, 15) is 0 Å². The summed E-state index contributed by atoms with van der Waals surface area (Å²) in [5.41, 5.74) is 1.00. The molecule has 1 rings (SSSR count). The van der Waals surface area contributed by atoms with Crippen LogP contribution in [-0.4, -0.2) is 0 Å². The monoisotopic (exact) mass is 176 g/mol. The summed E-state index contributed by atoms with van der Waals surface area (Å²) in [7, 11) is 0. The van der Waals surface area contributed by atoms with Gasteiger partial charge in [-0.3, -0.25) is 0 Å². The van der Waals surface area contributed by atoms with Crippen LogP contribution in [0.3, 0.4) is 0 Å². The molecule has 0 aliphatic heterocycles. The molecule has 0 aliphatic carbocycles. The molecule has 1 heteroatoms. The highest BCUT2D eigenvalue weighted by Crippen LogP contribution is 2.15. The van der Waals surface area contributed by atoms with Crippen molar-refractivity contribution in [1.29, 1.82) is 0 Å². The fourth-order valence-electron chi connectivity index (χ4n) is 0.825. The third-order valence-corrected chi connectivity index (χ3v) is 1.74. The normalized spacial score (nSPS) is 9.50. The van der Waals surface area contributed by atoms with E-state index in [0.717, 1.165) is 10.6 Å². The summed E-state index contributed by atoms with van der Waals surface area (Å²) in [6.07, 6.45) is 3.69. The number of benzene rings is 1. The van der Waals surface area contributed by atoms with Crippen LogP contribution in [0.5, 0.6) is 0 Å². The molecule has 0 spiro atoms. The van der Waals surface area contributed by atoms with Gasteiger partial charge in [-0.1, -0.05) is 35.7 Å². The summed E-state index contributed by atoms with van der Waals surface area (Å²) in [6, 6.07) is 7.67. The first-order valence-corrected chi connectivity index (χ1v) is 4.05. The van der Waals surface area contributed by atoms with Crippen LogP contribution < -0.4 is 0 Å². The largest absolute Gasteiger partial charge is 0.102 e. The molecule has 0 aromatic heterocycles. The SMILES string of the molecule is CC#C/C=C/c1ccccc1Cl. The van der Waals surface area contributed by atoms with Crippen LogP contribution in [0.1, 0.15) is 12.5 Å². The standard InChI is InChI=1S/C11H9Cl/c1-2-3-4-7-10-8-5-6-9-11(10)12/h4-9H,1H3/b7-4+. The minimum atomic E-state index is 0.756. The van der Waals surface area contributed by atoms with Crippen LogP contribution in [0.15, 0.2) is 30.3 Å². The Morgan fingerprint density at radius 2 is 2.08 bits per heavy atom. The zero-order valence-electron chi connectivity index (χ0n) is 6.84. The lowest BCUT2D eigenvalue weighted by Gasteiger charge is -1.93. The Morgan fingerprint density at radius 1 is 1.33 bits per heavy atom. The second-order valence-corrected chi connectivity index (χ2v) is 2.66. The highest BCUT2D eigenvalue weighted by Gasteiger charge is 1.90. The number of halogens is 1. The van der Waals surface area contributed by atoms with Crippen molar-refractivity contribution in [3.05, 3.63) is 40.9 Å². The van der Waals surface area contributed by atoms with Crippen molar-refractivity contribution in [2.24, 2.45) is 0 Å². The zero-order chi connectivity index (χ0) is 8.81. The summed E-state index contributed by atoms with van der Waals surface area (Å²) in [5.74, 6) is 5.61. The Hall–Kier alpha value is -1.19. The van der Waals surface area contributed by atoms with Gasteiger partial charge in [-0.2, -0.15) is 0 Å². The summed E-state index contributed by atoms with van der Waals surface area (Å²) < 4.78 is 0. The Morgan fingerprint density at radius 3 is 2.75 bits per heavy atom. The molecule has 12 heavy (non-hydrogen) atoms. The molecule has 0 radical (unpaired) electrons. The average molecular weight is 177 g/mol. The van der Waals surface area contributed by atoms with Gasteiger partial charge in [0.2, 0.25) is 0 Å². The van der Waals surface area contributed by atoms with E-state index in [2.05, 4.69) is 11.8 Å². The number of hydrogen-bond donors (Lipinski definition) is 0. The van der Waals surface area contributed by atoms with Crippen molar-refractivity contribution in [2.75, 3.05) is 0 Å². The van der Waals surface area contributed by atoms with Gasteiger partial charge in [-0.15, -0.1) is 5.92 Å². The molecule has 0 amide bonds. The molecule has 0 aliphatic rings. The second-order valence-electron chi connectivity index (χ2n) is 2.25. The first-order chi connectivity index (χ1) is 5.84. The topological polar surface area (TPSA) is 0 Å². The molecular weight excluding hydrogens is 168 g/mol. The fraction of sp³-hybridized carbons (Fsp3) is 0.0909. The number of hydrogen-bond acceptors (Lipinski definition) is 0. The maximum absolute atomic E-state index is 5.90. The van der Waals surface area contributed by atoms with Crippen molar-refractivity contribution >= 4 is 17.7 Å². The lowest BCUT2D eigenvalue weighted by Crippen LogP contribution is -1.71. The van der Waals surface area contributed by atoms with Crippen LogP contribution in [-0.2, 0) is 0 Å². The zero-order valence-corrected chi connectivity index (χ0v) is 7.60. The van der Waals surface area contributed by atoms with E-state index in [1.807, 2.05) is 30.3 Å². The van der Waals surface area contributed by atoms with E-state index in [1.165, 1.54) is 0 Å². The lowest BCUT2D eigenvalue weighted by molar-refractivity contribution is 1.66. The van der Waals surface area contributed by atoms with Gasteiger partial charge in [-0.05, 0) is 30.7 Å². The van der Waals surface area contributed by atoms with Gasteiger partial charge in [0, 0.05) is 5.02 Å². The smallest absolute Gasteiger partial charge is 0.0478 e. The van der Waals surface area contributed by atoms with E-state index in [1.54, 1.807) is 13.0 Å². The van der Waals surface area contributed by atoms with Crippen molar-refractivity contribution in [2.45, 2.75) is 6.92 Å². The Bertz CT molecular complexity index is 340. The summed E-state index contributed by atoms with van der Waals surface area (Å²) >= 11 is 5.90. The van der Waals surface area contributed by atoms with Crippen molar-refractivity contribution in [1.82, 2.24) is 0 Å². The minimum Gasteiger partial charge on any atom is -0.102 e. The van der Waals surface area contributed by atoms with E-state index in [0.29, 0.717) is 0 Å². The third-order valence-electron chi connectivity index (χ3n) is 1.40. The molecule has 0 fully saturated rings. The predicted molar refractivity (Wildman–Crippen MR) is 53.9 cm³/mol. The van der Waals surface area contributed by atoms with Crippen LogP contribution in [0.4, 0.5) is 0 Å². The molecule has 0 N–H and O–H groups in total. The minimum absolute atomic E-state index is 0.756.